The van der Waals surface area contributed by atoms with Crippen molar-refractivity contribution in [2.24, 2.45) is 0 Å². The summed E-state index contributed by atoms with van der Waals surface area (Å²) in [5.41, 5.74) is 14.0. The predicted octanol–water partition coefficient (Wildman–Crippen LogP) is 18.5. The molecule has 4 aromatic carbocycles. The highest BCUT2D eigenvalue weighted by atomic mass is 127. The Morgan fingerprint density at radius 3 is 1.19 bits per heavy atom. The monoisotopic (exact) mass is 1610 g/mol. The molecule has 1 saturated carbocycles. The van der Waals surface area contributed by atoms with Gasteiger partial charge in [-0.3, -0.25) is 53.6 Å². The second-order valence-electron chi connectivity index (χ2n) is 24.7. The molecule has 0 radical (unpaired) electrons. The molecule has 0 spiro atoms. The Labute approximate surface area is 632 Å². The van der Waals surface area contributed by atoms with Gasteiger partial charge in [-0.1, -0.05) is 122 Å². The largest absolute Gasteiger partial charge is 0.264 e. The first-order valence-electron chi connectivity index (χ1n) is 34.0. The summed E-state index contributed by atoms with van der Waals surface area (Å²) in [5.74, 6) is -0.480. The van der Waals surface area contributed by atoms with Gasteiger partial charge in [0, 0.05) is 88.0 Å². The van der Waals surface area contributed by atoms with Crippen LogP contribution in [0.2, 0.25) is 0 Å². The second kappa shape index (κ2) is 34.5. The Kier molecular flexibility index (Phi) is 23.8. The van der Waals surface area contributed by atoms with Gasteiger partial charge in [0.25, 0.3) is 0 Å². The molecular weight excluding hydrogens is 1540 g/mol. The van der Waals surface area contributed by atoms with E-state index in [0.29, 0.717) is 70.6 Å². The number of sulfone groups is 1. The van der Waals surface area contributed by atoms with Crippen LogP contribution in [0.15, 0.2) is 283 Å². The lowest BCUT2D eigenvalue weighted by atomic mass is 9.86. The van der Waals surface area contributed by atoms with E-state index < -0.39 is 9.84 Å². The van der Waals surface area contributed by atoms with Crippen LogP contribution in [-0.4, -0.2) is 88.7 Å². The number of pyridine rings is 7. The van der Waals surface area contributed by atoms with Crippen molar-refractivity contribution < 1.29 is 26.0 Å². The summed E-state index contributed by atoms with van der Waals surface area (Å²) in [4.78, 5) is 30.9. The van der Waals surface area contributed by atoms with E-state index in [1.807, 2.05) is 144 Å². The van der Waals surface area contributed by atoms with Crippen LogP contribution in [0.5, 0.6) is 0 Å². The summed E-state index contributed by atoms with van der Waals surface area (Å²) in [7, 11) is -3.33. The quantitative estimate of drug-likeness (QED) is 0.0617. The summed E-state index contributed by atoms with van der Waals surface area (Å²) in [6.07, 6.45) is 19.0. The van der Waals surface area contributed by atoms with Crippen LogP contribution in [0.1, 0.15) is 66.0 Å². The van der Waals surface area contributed by atoms with Gasteiger partial charge in [0.15, 0.2) is 9.84 Å². The molecule has 106 heavy (non-hydrogen) atoms. The number of rotatable bonds is 17. The molecule has 0 atom stereocenters. The van der Waals surface area contributed by atoms with Crippen molar-refractivity contribution in [3.8, 4) is 79.7 Å². The lowest BCUT2D eigenvalue weighted by molar-refractivity contribution is 0.418. The molecule has 530 valence electrons. The van der Waals surface area contributed by atoms with Crippen LogP contribution in [-0.2, 0) is 36.0 Å². The zero-order valence-electron chi connectivity index (χ0n) is 57.1. The molecule has 0 saturated heterocycles. The van der Waals surface area contributed by atoms with Crippen molar-refractivity contribution in [2.75, 3.05) is 6.26 Å². The third kappa shape index (κ3) is 18.2. The first kappa shape index (κ1) is 73.0. The van der Waals surface area contributed by atoms with Crippen molar-refractivity contribution in [3.05, 3.63) is 333 Å². The van der Waals surface area contributed by atoms with E-state index in [1.54, 1.807) is 106 Å². The van der Waals surface area contributed by atoms with Crippen molar-refractivity contribution in [3.63, 3.8) is 0 Å². The van der Waals surface area contributed by atoms with E-state index >= 15 is 0 Å². The maximum absolute atomic E-state index is 14.2. The molecule has 1 fully saturated rings. The zero-order valence-corrected chi connectivity index (χ0v) is 61.7. The number of benzene rings is 4. The minimum absolute atomic E-state index is 0.136. The predicted molar refractivity (Wildman–Crippen MR) is 413 cm³/mol. The molecule has 0 N–H and O–H groups in total. The van der Waals surface area contributed by atoms with Gasteiger partial charge in [0.1, 0.15) is 51.7 Å². The van der Waals surface area contributed by atoms with Crippen molar-refractivity contribution in [1.29, 1.82) is 0 Å². The van der Waals surface area contributed by atoms with Gasteiger partial charge in [-0.15, -0.1) is 0 Å². The average Bonchev–Trinajstić information content (AvgIpc) is 1.64. The van der Waals surface area contributed by atoms with Crippen LogP contribution in [0.25, 0.3) is 79.7 Å². The smallest absolute Gasteiger partial charge is 0.177 e. The Morgan fingerprint density at radius 1 is 0.387 bits per heavy atom. The summed E-state index contributed by atoms with van der Waals surface area (Å²) in [5, 5.41) is 18.7. The summed E-state index contributed by atoms with van der Waals surface area (Å²) >= 11 is 5.66. The van der Waals surface area contributed by atoms with Gasteiger partial charge in [0.05, 0.1) is 85.9 Å². The second-order valence-corrected chi connectivity index (χ2v) is 28.7. The van der Waals surface area contributed by atoms with E-state index in [2.05, 4.69) is 89.7 Å². The number of aromatic nitrogens is 15. The maximum atomic E-state index is 14.2. The highest BCUT2D eigenvalue weighted by molar-refractivity contribution is 14.1. The minimum Gasteiger partial charge on any atom is -0.264 e. The standard InChI is InChI=1S/C21H17FN4O2S.C21H22FN3.C20H14BrFN4.C20H14FIN4/c1-29(27,28)16-9-10-18(24-13-16)20-12-21(19-8-4-5-11-23-19)26(25-20)14-15-6-2-3-7-17(15)22;22-18-11-5-4-10-17(18)15-25-21(16-8-2-1-3-9-16)14-20(24-25)19-12-6-7-13-23-19;21-15-8-9-18(24-12-15)20-11-19(17-7-3-4-10-23-17)25-26(20)13-14-5-1-2-6-16(14)22;21-15-8-2-1-7-14(15)13-26-20(17-10-4-6-12-24-17)18(22)19(25-26)16-9-3-5-11-23-16/h2-13H,14H2,1H3;4-7,10-14,16H,1-3,8-9,15H2;2*1-12H,13H2. The van der Waals surface area contributed by atoms with E-state index in [4.69, 9.17) is 10.2 Å². The van der Waals surface area contributed by atoms with Crippen molar-refractivity contribution >= 4 is 48.4 Å². The lowest BCUT2D eigenvalue weighted by Crippen LogP contribution is -2.13. The van der Waals surface area contributed by atoms with Gasteiger partial charge >= 0.3 is 0 Å². The van der Waals surface area contributed by atoms with Crippen LogP contribution in [0.4, 0.5) is 17.6 Å². The van der Waals surface area contributed by atoms with Gasteiger partial charge in [-0.25, -0.2) is 26.0 Å². The van der Waals surface area contributed by atoms with Crippen LogP contribution < -0.4 is 0 Å². The molecule has 15 aromatic rings. The maximum Gasteiger partial charge on any atom is 0.177 e. The Bertz CT molecular complexity index is 5520. The third-order valence-electron chi connectivity index (χ3n) is 17.4. The molecule has 16 rings (SSSR count). The molecule has 11 heterocycles. The highest BCUT2D eigenvalue weighted by Gasteiger charge is 2.25. The zero-order chi connectivity index (χ0) is 73.4. The normalized spacial score (nSPS) is 12.1. The molecule has 11 aromatic heterocycles. The molecule has 0 unspecified atom stereocenters. The first-order valence-corrected chi connectivity index (χ1v) is 37.7. The summed E-state index contributed by atoms with van der Waals surface area (Å²) in [6, 6.07) is 68.2. The summed E-state index contributed by atoms with van der Waals surface area (Å²) < 4.78 is 88.9. The van der Waals surface area contributed by atoms with Crippen LogP contribution in [0, 0.1) is 26.8 Å². The Balaban J connectivity index is 0.000000125. The van der Waals surface area contributed by atoms with E-state index in [1.165, 1.54) is 74.3 Å². The Hall–Kier alpha value is -11.4. The van der Waals surface area contributed by atoms with E-state index in [9.17, 15) is 26.0 Å². The summed E-state index contributed by atoms with van der Waals surface area (Å²) in [6.45, 7) is 1.32. The molecule has 0 aliphatic heterocycles. The fourth-order valence-corrected chi connectivity index (χ4v) is 13.8. The van der Waals surface area contributed by atoms with Gasteiger partial charge in [0.2, 0.25) is 0 Å². The molecule has 0 bridgehead atoms. The molecule has 0 amide bonds. The molecule has 1 aliphatic carbocycles. The third-order valence-corrected chi connectivity index (χ3v) is 20.0. The van der Waals surface area contributed by atoms with Crippen molar-refractivity contribution in [2.45, 2.75) is 69.1 Å². The fraction of sp³-hybridized carbons (Fsp3) is 0.134. The first-order chi connectivity index (χ1) is 51.7. The minimum atomic E-state index is -3.33. The SMILES string of the molecule is CS(=O)(=O)c1ccc(-c2cc(-c3ccccn3)n(Cc3ccccc3F)n2)nc1.Fc1ccccc1Cn1nc(-c2ccccn2)c(I)c1-c1ccccn1.Fc1ccccc1Cn1nc(-c2ccccn2)cc1-c1ccc(Br)cn1.Fc1ccccc1Cn1nc(-c2ccccn2)cc1C1CCCCC1. The fourth-order valence-electron chi connectivity index (χ4n) is 12.1. The van der Waals surface area contributed by atoms with Gasteiger partial charge in [-0.2, -0.15) is 20.4 Å². The van der Waals surface area contributed by atoms with Crippen molar-refractivity contribution in [1.82, 2.24) is 74.0 Å². The number of hydrogen-bond donors (Lipinski definition) is 0. The van der Waals surface area contributed by atoms with Crippen LogP contribution >= 0.6 is 38.5 Å². The van der Waals surface area contributed by atoms with Crippen LogP contribution in [0.3, 0.4) is 0 Å². The lowest BCUT2D eigenvalue weighted by Gasteiger charge is -2.22. The topological polar surface area (TPSA) is 196 Å². The average molecular weight is 1610 g/mol. The molecule has 17 nitrogen and oxygen atoms in total. The molecule has 1 aliphatic rings. The highest BCUT2D eigenvalue weighted by Crippen LogP contribution is 2.37. The molecular formula is C82H67BrF4IN15O2S. The van der Waals surface area contributed by atoms with E-state index in [-0.39, 0.29) is 34.7 Å². The molecule has 24 heteroatoms. The number of halogens is 6. The van der Waals surface area contributed by atoms with Gasteiger partial charge < -0.3 is 0 Å². The number of hydrogen-bond acceptors (Lipinski definition) is 13. The Morgan fingerprint density at radius 2 is 0.764 bits per heavy atom. The van der Waals surface area contributed by atoms with E-state index in [0.717, 1.165) is 71.2 Å². The van der Waals surface area contributed by atoms with Gasteiger partial charge in [-0.05, 0) is 179 Å². The number of nitrogens with zero attached hydrogens (tertiary/aromatic N) is 15.